The standard InChI is InChI=1S/C27H20N2O5/c30-22(31)14-16-10-12-18(13-11-16)29-24(17-6-2-1-3-7-17)23(26(33)27(29)34)25(32)20-15-28-21-9-5-4-8-19(20)21/h1-13,15,24,28,32H,14H2,(H,30,31)/b25-23-. The Kier molecular flexibility index (Phi) is 5.22. The van der Waals surface area contributed by atoms with Crippen LogP contribution in [0.3, 0.4) is 0 Å². The number of ketones is 1. The number of carboxylic acids is 1. The number of hydrogen-bond acceptors (Lipinski definition) is 4. The summed E-state index contributed by atoms with van der Waals surface area (Å²) in [6.45, 7) is 0. The van der Waals surface area contributed by atoms with Gasteiger partial charge in [-0.2, -0.15) is 0 Å². The largest absolute Gasteiger partial charge is 0.507 e. The molecule has 0 saturated carbocycles. The Morgan fingerprint density at radius 3 is 2.26 bits per heavy atom. The lowest BCUT2D eigenvalue weighted by Crippen LogP contribution is -2.29. The number of rotatable bonds is 5. The van der Waals surface area contributed by atoms with Crippen molar-refractivity contribution in [3.05, 3.63) is 107 Å². The lowest BCUT2D eigenvalue weighted by Gasteiger charge is -2.25. The third-order valence-corrected chi connectivity index (χ3v) is 5.97. The zero-order valence-electron chi connectivity index (χ0n) is 17.9. The molecule has 7 heteroatoms. The number of aromatic amines is 1. The summed E-state index contributed by atoms with van der Waals surface area (Å²) in [5.41, 5.74) is 2.90. The van der Waals surface area contributed by atoms with Crippen LogP contribution in [0, 0.1) is 0 Å². The average Bonchev–Trinajstić information content (AvgIpc) is 3.39. The van der Waals surface area contributed by atoms with E-state index in [4.69, 9.17) is 5.11 Å². The van der Waals surface area contributed by atoms with Crippen molar-refractivity contribution in [2.75, 3.05) is 4.90 Å². The third-order valence-electron chi connectivity index (χ3n) is 5.97. The fraction of sp³-hybridized carbons (Fsp3) is 0.0741. The van der Waals surface area contributed by atoms with Gasteiger partial charge in [0.05, 0.1) is 18.0 Å². The van der Waals surface area contributed by atoms with Crippen LogP contribution in [-0.4, -0.2) is 32.9 Å². The predicted octanol–water partition coefficient (Wildman–Crippen LogP) is 4.42. The minimum atomic E-state index is -0.962. The molecule has 3 aromatic carbocycles. The van der Waals surface area contributed by atoms with Crippen LogP contribution < -0.4 is 4.90 Å². The highest BCUT2D eigenvalue weighted by atomic mass is 16.4. The Hall–Kier alpha value is -4.65. The number of aromatic nitrogens is 1. The van der Waals surface area contributed by atoms with E-state index in [1.54, 1.807) is 54.7 Å². The fourth-order valence-corrected chi connectivity index (χ4v) is 4.41. The second kappa shape index (κ2) is 8.37. The zero-order chi connectivity index (χ0) is 23.8. The summed E-state index contributed by atoms with van der Waals surface area (Å²) in [7, 11) is 0. The van der Waals surface area contributed by atoms with Gasteiger partial charge in [-0.15, -0.1) is 0 Å². The molecular formula is C27H20N2O5. The molecule has 1 aromatic heterocycles. The Morgan fingerprint density at radius 2 is 1.56 bits per heavy atom. The van der Waals surface area contributed by atoms with Gasteiger partial charge in [-0.25, -0.2) is 0 Å². The van der Waals surface area contributed by atoms with Gasteiger partial charge in [0.25, 0.3) is 11.7 Å². The number of carbonyl (C=O) groups excluding carboxylic acids is 2. The number of para-hydroxylation sites is 1. The number of benzene rings is 3. The van der Waals surface area contributed by atoms with Gasteiger partial charge in [0.15, 0.2) is 0 Å². The van der Waals surface area contributed by atoms with Crippen LogP contribution in [0.5, 0.6) is 0 Å². The molecule has 7 nitrogen and oxygen atoms in total. The molecule has 3 N–H and O–H groups in total. The second-order valence-electron chi connectivity index (χ2n) is 8.06. The number of fused-ring (bicyclic) bond motifs is 1. The number of nitrogens with zero attached hydrogens (tertiary/aromatic N) is 1. The summed E-state index contributed by atoms with van der Waals surface area (Å²) in [6.07, 6.45) is 1.47. The van der Waals surface area contributed by atoms with E-state index < -0.39 is 23.7 Å². The number of Topliss-reactive ketones (excluding diaryl/α,β-unsaturated/α-hetero) is 1. The van der Waals surface area contributed by atoms with Crippen molar-refractivity contribution < 1.29 is 24.6 Å². The van der Waals surface area contributed by atoms with Crippen LogP contribution in [0.15, 0.2) is 90.6 Å². The van der Waals surface area contributed by atoms with E-state index in [1.807, 2.05) is 30.3 Å². The number of H-pyrrole nitrogens is 1. The van der Waals surface area contributed by atoms with Gasteiger partial charge in [0.2, 0.25) is 0 Å². The number of aliphatic hydroxyl groups is 1. The quantitative estimate of drug-likeness (QED) is 0.236. The van der Waals surface area contributed by atoms with Crippen molar-refractivity contribution in [3.63, 3.8) is 0 Å². The van der Waals surface area contributed by atoms with Crippen molar-refractivity contribution in [2.45, 2.75) is 12.5 Å². The van der Waals surface area contributed by atoms with Crippen molar-refractivity contribution in [1.82, 2.24) is 4.98 Å². The number of carboxylic acid groups (broad SMARTS) is 1. The molecule has 1 fully saturated rings. The van der Waals surface area contributed by atoms with Crippen molar-refractivity contribution >= 4 is 40.0 Å². The number of nitrogens with one attached hydrogen (secondary N) is 1. The Labute approximate surface area is 194 Å². The lowest BCUT2D eigenvalue weighted by molar-refractivity contribution is -0.136. The zero-order valence-corrected chi connectivity index (χ0v) is 17.9. The minimum Gasteiger partial charge on any atom is -0.507 e. The van der Waals surface area contributed by atoms with Crippen molar-refractivity contribution in [2.24, 2.45) is 0 Å². The van der Waals surface area contributed by atoms with Crippen LogP contribution in [-0.2, 0) is 20.8 Å². The number of amides is 1. The number of carbonyl (C=O) groups is 3. The number of aliphatic carboxylic acids is 1. The maximum atomic E-state index is 13.3. The van der Waals surface area contributed by atoms with Crippen molar-refractivity contribution in [3.8, 4) is 0 Å². The molecule has 1 aliphatic heterocycles. The van der Waals surface area contributed by atoms with Crippen molar-refractivity contribution in [1.29, 1.82) is 0 Å². The first-order chi connectivity index (χ1) is 16.5. The minimum absolute atomic E-state index is 0.00411. The van der Waals surface area contributed by atoms with E-state index in [1.165, 1.54) is 4.90 Å². The van der Waals surface area contributed by atoms with E-state index >= 15 is 0 Å². The highest BCUT2D eigenvalue weighted by Crippen LogP contribution is 2.42. The van der Waals surface area contributed by atoms with Crippen LogP contribution in [0.1, 0.15) is 22.7 Å². The van der Waals surface area contributed by atoms with Gasteiger partial charge in [-0.3, -0.25) is 19.3 Å². The molecule has 168 valence electrons. The summed E-state index contributed by atoms with van der Waals surface area (Å²) >= 11 is 0. The molecule has 1 atom stereocenters. The normalized spacial score (nSPS) is 17.4. The van der Waals surface area contributed by atoms with Gasteiger partial charge in [-0.05, 0) is 29.3 Å². The number of anilines is 1. The molecule has 34 heavy (non-hydrogen) atoms. The first-order valence-electron chi connectivity index (χ1n) is 10.7. The molecule has 1 unspecified atom stereocenters. The second-order valence-corrected chi connectivity index (χ2v) is 8.06. The predicted molar refractivity (Wildman–Crippen MR) is 127 cm³/mol. The Bertz CT molecular complexity index is 1450. The first-order valence-corrected chi connectivity index (χ1v) is 10.7. The molecule has 1 aliphatic rings. The summed E-state index contributed by atoms with van der Waals surface area (Å²) in [6, 6.07) is 22.0. The van der Waals surface area contributed by atoms with Gasteiger partial charge in [0, 0.05) is 28.4 Å². The van der Waals surface area contributed by atoms with E-state index in [2.05, 4.69) is 4.98 Å². The van der Waals surface area contributed by atoms with E-state index in [-0.39, 0.29) is 17.8 Å². The average molecular weight is 452 g/mol. The van der Waals surface area contributed by atoms with E-state index in [9.17, 15) is 19.5 Å². The highest BCUT2D eigenvalue weighted by Gasteiger charge is 2.47. The monoisotopic (exact) mass is 452 g/mol. The van der Waals surface area contributed by atoms with Gasteiger partial charge in [-0.1, -0.05) is 60.7 Å². The van der Waals surface area contributed by atoms with Gasteiger partial charge >= 0.3 is 5.97 Å². The van der Waals surface area contributed by atoms with Gasteiger partial charge in [0.1, 0.15) is 5.76 Å². The first kappa shape index (κ1) is 21.2. The molecule has 1 amide bonds. The highest BCUT2D eigenvalue weighted by molar-refractivity contribution is 6.51. The molecular weight excluding hydrogens is 432 g/mol. The molecule has 0 aliphatic carbocycles. The fourth-order valence-electron chi connectivity index (χ4n) is 4.41. The Morgan fingerprint density at radius 1 is 0.882 bits per heavy atom. The van der Waals surface area contributed by atoms with E-state index in [0.29, 0.717) is 22.4 Å². The smallest absolute Gasteiger partial charge is 0.307 e. The SMILES string of the molecule is O=C(O)Cc1ccc(N2C(=O)C(=O)/C(=C(\O)c3c[nH]c4ccccc34)C2c2ccccc2)cc1. The van der Waals surface area contributed by atoms with E-state index in [0.717, 1.165) is 10.9 Å². The molecule has 0 spiro atoms. The molecule has 5 rings (SSSR count). The van der Waals surface area contributed by atoms with Crippen LogP contribution >= 0.6 is 0 Å². The van der Waals surface area contributed by atoms with Crippen LogP contribution in [0.2, 0.25) is 0 Å². The molecule has 0 radical (unpaired) electrons. The maximum Gasteiger partial charge on any atom is 0.307 e. The lowest BCUT2D eigenvalue weighted by atomic mass is 9.95. The molecule has 0 bridgehead atoms. The number of hydrogen-bond donors (Lipinski definition) is 3. The third kappa shape index (κ3) is 3.53. The molecule has 2 heterocycles. The van der Waals surface area contributed by atoms with Crippen LogP contribution in [0.4, 0.5) is 5.69 Å². The summed E-state index contributed by atoms with van der Waals surface area (Å²) in [5, 5.41) is 21.1. The maximum absolute atomic E-state index is 13.3. The summed E-state index contributed by atoms with van der Waals surface area (Å²) < 4.78 is 0. The number of aliphatic hydroxyl groups excluding tert-OH is 1. The summed E-state index contributed by atoms with van der Waals surface area (Å²) in [5.74, 6) is -2.77. The molecule has 4 aromatic rings. The van der Waals surface area contributed by atoms with Gasteiger partial charge < -0.3 is 15.2 Å². The van der Waals surface area contributed by atoms with Crippen LogP contribution in [0.25, 0.3) is 16.7 Å². The summed E-state index contributed by atoms with van der Waals surface area (Å²) in [4.78, 5) is 41.9. The Balaban J connectivity index is 1.68. The molecule has 1 saturated heterocycles. The topological polar surface area (TPSA) is 111 Å².